The van der Waals surface area contributed by atoms with Crippen molar-refractivity contribution >= 4 is 36.4 Å². The van der Waals surface area contributed by atoms with Crippen LogP contribution >= 0.6 is 24.8 Å². The predicted octanol–water partition coefficient (Wildman–Crippen LogP) is 3.17. The van der Waals surface area contributed by atoms with E-state index in [4.69, 9.17) is 5.73 Å². The number of nitrogens with one attached hydrogen (secondary N) is 1. The third kappa shape index (κ3) is 7.73. The van der Waals surface area contributed by atoms with Crippen molar-refractivity contribution < 1.29 is 9.18 Å². The first-order chi connectivity index (χ1) is 10.9. The van der Waals surface area contributed by atoms with Gasteiger partial charge >= 0.3 is 0 Å². The Hall–Kier alpha value is -1.82. The van der Waals surface area contributed by atoms with Gasteiger partial charge in [-0.3, -0.25) is 4.79 Å². The molecule has 0 saturated carbocycles. The Morgan fingerprint density at radius 3 is 2.28 bits per heavy atom. The van der Waals surface area contributed by atoms with Crippen LogP contribution in [0.1, 0.15) is 16.7 Å². The van der Waals surface area contributed by atoms with Crippen molar-refractivity contribution in [3.8, 4) is 0 Å². The largest absolute Gasteiger partial charge is 0.399 e. The van der Waals surface area contributed by atoms with E-state index in [1.54, 1.807) is 24.3 Å². The number of benzene rings is 2. The summed E-state index contributed by atoms with van der Waals surface area (Å²) in [6.07, 6.45) is 0.298. The number of anilines is 1. The van der Waals surface area contributed by atoms with E-state index >= 15 is 0 Å². The molecular formula is C18H24Cl2FN3O. The van der Waals surface area contributed by atoms with Gasteiger partial charge in [-0.25, -0.2) is 4.39 Å². The third-order valence-corrected chi connectivity index (χ3v) is 3.43. The van der Waals surface area contributed by atoms with Crippen molar-refractivity contribution in [1.29, 1.82) is 0 Å². The fourth-order valence-corrected chi connectivity index (χ4v) is 2.28. The van der Waals surface area contributed by atoms with Crippen LogP contribution in [0, 0.1) is 5.82 Å². The van der Waals surface area contributed by atoms with Crippen LogP contribution in [0.2, 0.25) is 0 Å². The lowest BCUT2D eigenvalue weighted by atomic mass is 10.1. The maximum atomic E-state index is 13.7. The zero-order valence-corrected chi connectivity index (χ0v) is 15.9. The normalized spacial score (nSPS) is 9.92. The Balaban J connectivity index is 0.00000288. The molecule has 7 heteroatoms. The molecule has 2 aromatic carbocycles. The molecule has 0 bridgehead atoms. The number of nitrogens with zero attached hydrogens (tertiary/aromatic N) is 1. The molecule has 0 radical (unpaired) electrons. The lowest BCUT2D eigenvalue weighted by Gasteiger charge is -2.12. The minimum Gasteiger partial charge on any atom is -0.399 e. The molecule has 0 fully saturated rings. The smallest absolute Gasteiger partial charge is 0.224 e. The van der Waals surface area contributed by atoms with Gasteiger partial charge < -0.3 is 16.0 Å². The third-order valence-electron chi connectivity index (χ3n) is 3.43. The highest BCUT2D eigenvalue weighted by molar-refractivity contribution is 5.85. The molecule has 0 saturated heterocycles. The van der Waals surface area contributed by atoms with Gasteiger partial charge in [0, 0.05) is 24.3 Å². The molecule has 2 aromatic rings. The number of rotatable bonds is 6. The molecule has 0 aliphatic rings. The van der Waals surface area contributed by atoms with Crippen molar-refractivity contribution in [2.45, 2.75) is 19.5 Å². The second-order valence-electron chi connectivity index (χ2n) is 5.86. The fourth-order valence-electron chi connectivity index (χ4n) is 2.28. The summed E-state index contributed by atoms with van der Waals surface area (Å²) in [4.78, 5) is 13.9. The van der Waals surface area contributed by atoms with Crippen molar-refractivity contribution in [3.05, 3.63) is 65.0 Å². The standard InChI is InChI=1S/C18H22FN3O.2ClH/c1-22(2)12-15-9-14(5-8-17(15)19)11-21-18(23)10-13-3-6-16(20)7-4-13;;/h3-9H,10-12,20H2,1-2H3,(H,21,23);2*1H. The van der Waals surface area contributed by atoms with Crippen LogP contribution < -0.4 is 11.1 Å². The Labute approximate surface area is 160 Å². The Bertz CT molecular complexity index is 679. The van der Waals surface area contributed by atoms with Gasteiger partial charge in [0.1, 0.15) is 5.82 Å². The molecular weight excluding hydrogens is 364 g/mol. The predicted molar refractivity (Wildman–Crippen MR) is 105 cm³/mol. The van der Waals surface area contributed by atoms with Crippen molar-refractivity contribution in [3.63, 3.8) is 0 Å². The van der Waals surface area contributed by atoms with Gasteiger partial charge in [-0.1, -0.05) is 18.2 Å². The zero-order valence-electron chi connectivity index (χ0n) is 14.3. The first-order valence-corrected chi connectivity index (χ1v) is 7.47. The molecule has 138 valence electrons. The Morgan fingerprint density at radius 2 is 1.68 bits per heavy atom. The minimum absolute atomic E-state index is 0. The zero-order chi connectivity index (χ0) is 16.8. The number of carbonyl (C=O) groups is 1. The summed E-state index contributed by atoms with van der Waals surface area (Å²) in [5, 5.41) is 2.86. The average molecular weight is 388 g/mol. The molecule has 0 aromatic heterocycles. The molecule has 2 rings (SSSR count). The van der Waals surface area contributed by atoms with Crippen LogP contribution in [0.15, 0.2) is 42.5 Å². The lowest BCUT2D eigenvalue weighted by molar-refractivity contribution is -0.120. The van der Waals surface area contributed by atoms with Crippen LogP contribution in [0.3, 0.4) is 0 Å². The van der Waals surface area contributed by atoms with Gasteiger partial charge in [0.25, 0.3) is 0 Å². The van der Waals surface area contributed by atoms with E-state index in [-0.39, 0.29) is 36.5 Å². The SMILES string of the molecule is CN(C)Cc1cc(CNC(=O)Cc2ccc(N)cc2)ccc1F.Cl.Cl. The van der Waals surface area contributed by atoms with Gasteiger partial charge in [-0.05, 0) is 49.5 Å². The molecule has 0 heterocycles. The molecule has 3 N–H and O–H groups in total. The maximum absolute atomic E-state index is 13.7. The average Bonchev–Trinajstić information content (AvgIpc) is 2.50. The molecule has 0 spiro atoms. The summed E-state index contributed by atoms with van der Waals surface area (Å²) in [5.74, 6) is -0.302. The van der Waals surface area contributed by atoms with E-state index < -0.39 is 0 Å². The number of carbonyl (C=O) groups excluding carboxylic acids is 1. The van der Waals surface area contributed by atoms with Crippen molar-refractivity contribution in [1.82, 2.24) is 10.2 Å². The van der Waals surface area contributed by atoms with E-state index in [1.807, 2.05) is 31.1 Å². The number of amides is 1. The summed E-state index contributed by atoms with van der Waals surface area (Å²) in [6.45, 7) is 0.910. The summed E-state index contributed by atoms with van der Waals surface area (Å²) in [7, 11) is 3.78. The van der Waals surface area contributed by atoms with Crippen LogP contribution in [-0.4, -0.2) is 24.9 Å². The topological polar surface area (TPSA) is 58.4 Å². The first kappa shape index (κ1) is 23.2. The summed E-state index contributed by atoms with van der Waals surface area (Å²) in [5.41, 5.74) is 8.71. The molecule has 1 amide bonds. The molecule has 25 heavy (non-hydrogen) atoms. The van der Waals surface area contributed by atoms with E-state index in [0.717, 1.165) is 11.1 Å². The Morgan fingerprint density at radius 1 is 1.08 bits per heavy atom. The van der Waals surface area contributed by atoms with Gasteiger partial charge in [0.15, 0.2) is 0 Å². The van der Waals surface area contributed by atoms with E-state index in [1.165, 1.54) is 6.07 Å². The van der Waals surface area contributed by atoms with Crippen LogP contribution in [0.25, 0.3) is 0 Å². The highest BCUT2D eigenvalue weighted by Gasteiger charge is 2.07. The monoisotopic (exact) mass is 387 g/mol. The second kappa shape index (κ2) is 10.9. The van der Waals surface area contributed by atoms with Crippen LogP contribution in [0.4, 0.5) is 10.1 Å². The lowest BCUT2D eigenvalue weighted by Crippen LogP contribution is -2.24. The molecule has 0 unspecified atom stereocenters. The molecule has 4 nitrogen and oxygen atoms in total. The van der Waals surface area contributed by atoms with Crippen LogP contribution in [0.5, 0.6) is 0 Å². The summed E-state index contributed by atoms with van der Waals surface area (Å²) >= 11 is 0. The number of halogens is 3. The highest BCUT2D eigenvalue weighted by Crippen LogP contribution is 2.12. The van der Waals surface area contributed by atoms with Gasteiger partial charge in [-0.2, -0.15) is 0 Å². The summed E-state index contributed by atoms with van der Waals surface area (Å²) < 4.78 is 13.7. The second-order valence-corrected chi connectivity index (χ2v) is 5.86. The molecule has 0 aliphatic heterocycles. The fraction of sp³-hybridized carbons (Fsp3) is 0.278. The minimum atomic E-state index is -0.226. The maximum Gasteiger partial charge on any atom is 0.224 e. The molecule has 0 atom stereocenters. The Kier molecular flexibility index (Phi) is 10.1. The molecule has 0 aliphatic carbocycles. The van der Waals surface area contributed by atoms with Gasteiger partial charge in [0.05, 0.1) is 6.42 Å². The van der Waals surface area contributed by atoms with E-state index in [0.29, 0.717) is 30.8 Å². The van der Waals surface area contributed by atoms with Gasteiger partial charge in [-0.15, -0.1) is 24.8 Å². The quantitative estimate of drug-likeness (QED) is 0.748. The van der Waals surface area contributed by atoms with E-state index in [2.05, 4.69) is 5.32 Å². The number of hydrogen-bond acceptors (Lipinski definition) is 3. The highest BCUT2D eigenvalue weighted by atomic mass is 35.5. The summed E-state index contributed by atoms with van der Waals surface area (Å²) in [6, 6.07) is 12.1. The van der Waals surface area contributed by atoms with Crippen molar-refractivity contribution in [2.24, 2.45) is 0 Å². The number of hydrogen-bond donors (Lipinski definition) is 2. The van der Waals surface area contributed by atoms with E-state index in [9.17, 15) is 9.18 Å². The van der Waals surface area contributed by atoms with Crippen LogP contribution in [-0.2, 0) is 24.3 Å². The number of nitrogen functional groups attached to an aromatic ring is 1. The number of nitrogens with two attached hydrogens (primary N) is 1. The first-order valence-electron chi connectivity index (χ1n) is 7.47. The van der Waals surface area contributed by atoms with Crippen molar-refractivity contribution in [2.75, 3.05) is 19.8 Å². The van der Waals surface area contributed by atoms with Gasteiger partial charge in [0.2, 0.25) is 5.91 Å².